The second-order valence-electron chi connectivity index (χ2n) is 4.36. The van der Waals surface area contributed by atoms with Crippen LogP contribution in [0.4, 0.5) is 23.7 Å². The lowest BCUT2D eigenvalue weighted by Gasteiger charge is -2.21. The van der Waals surface area contributed by atoms with Crippen molar-refractivity contribution in [2.24, 2.45) is 0 Å². The third-order valence-corrected chi connectivity index (χ3v) is 2.77. The maximum absolute atomic E-state index is 12.5. The molecule has 2 amide bonds. The monoisotopic (exact) mass is 318 g/mol. The average Bonchev–Trinajstić information content (AvgIpc) is 2.43. The molecule has 0 atom stereocenters. The van der Waals surface area contributed by atoms with Crippen LogP contribution in [0, 0.1) is 0 Å². The number of ether oxygens (including phenoxy) is 1. The van der Waals surface area contributed by atoms with Crippen LogP contribution in [-0.2, 0) is 15.7 Å². The number of carbonyl (C=O) groups excluding carboxylic acids is 2. The first kappa shape index (κ1) is 17.8. The molecule has 1 aromatic rings. The van der Waals surface area contributed by atoms with Crippen molar-refractivity contribution >= 4 is 17.7 Å². The van der Waals surface area contributed by atoms with Gasteiger partial charge in [0, 0.05) is 25.7 Å². The van der Waals surface area contributed by atoms with Crippen molar-refractivity contribution in [3.05, 3.63) is 29.8 Å². The lowest BCUT2D eigenvalue weighted by molar-refractivity contribution is -0.137. The van der Waals surface area contributed by atoms with E-state index in [4.69, 9.17) is 0 Å². The fourth-order valence-corrected chi connectivity index (χ4v) is 1.75. The quantitative estimate of drug-likeness (QED) is 0.908. The molecule has 1 aromatic carbocycles. The summed E-state index contributed by atoms with van der Waals surface area (Å²) < 4.78 is 42.2. The van der Waals surface area contributed by atoms with Gasteiger partial charge >= 0.3 is 12.3 Å². The Morgan fingerprint density at radius 2 is 1.82 bits per heavy atom. The van der Waals surface area contributed by atoms with Crippen LogP contribution in [0.15, 0.2) is 24.3 Å². The largest absolute Gasteiger partial charge is 0.450 e. The van der Waals surface area contributed by atoms with Gasteiger partial charge in [-0.3, -0.25) is 4.79 Å². The number of hydrogen-bond donors (Lipinski definition) is 1. The van der Waals surface area contributed by atoms with Gasteiger partial charge < -0.3 is 15.0 Å². The first-order valence-electron chi connectivity index (χ1n) is 6.61. The Bertz CT molecular complexity index is 515. The molecule has 0 spiro atoms. The lowest BCUT2D eigenvalue weighted by Crippen LogP contribution is -2.37. The van der Waals surface area contributed by atoms with E-state index in [2.05, 4.69) is 10.1 Å². The van der Waals surface area contributed by atoms with Crippen LogP contribution in [0.5, 0.6) is 0 Å². The van der Waals surface area contributed by atoms with E-state index < -0.39 is 17.8 Å². The molecule has 0 heterocycles. The molecule has 22 heavy (non-hydrogen) atoms. The molecule has 0 aliphatic carbocycles. The van der Waals surface area contributed by atoms with Crippen molar-refractivity contribution in [3.8, 4) is 0 Å². The number of benzene rings is 1. The molecule has 122 valence electrons. The number of anilines is 1. The summed E-state index contributed by atoms with van der Waals surface area (Å²) in [5.74, 6) is -0.342. The van der Waals surface area contributed by atoms with E-state index in [0.29, 0.717) is 5.69 Å². The zero-order valence-corrected chi connectivity index (χ0v) is 12.2. The van der Waals surface area contributed by atoms with Crippen LogP contribution >= 0.6 is 0 Å². The number of halogens is 3. The Balaban J connectivity index is 2.71. The zero-order valence-electron chi connectivity index (χ0n) is 12.2. The Hall–Kier alpha value is -2.25. The molecule has 5 nitrogen and oxygen atoms in total. The van der Waals surface area contributed by atoms with Gasteiger partial charge in [-0.25, -0.2) is 4.79 Å². The van der Waals surface area contributed by atoms with Crippen molar-refractivity contribution in [2.75, 3.05) is 24.6 Å². The van der Waals surface area contributed by atoms with Crippen LogP contribution in [-0.4, -0.2) is 31.7 Å². The predicted octanol–water partition coefficient (Wildman–Crippen LogP) is 2.80. The summed E-state index contributed by atoms with van der Waals surface area (Å²) in [6, 6.07) is 4.25. The SMILES string of the molecule is CCOC(=O)NCCN(C(C)=O)c1ccc(C(F)(F)F)cc1. The highest BCUT2D eigenvalue weighted by Gasteiger charge is 2.30. The highest BCUT2D eigenvalue weighted by Crippen LogP contribution is 2.30. The molecule has 0 fully saturated rings. The number of amides is 2. The number of carbonyl (C=O) groups is 2. The normalized spacial score (nSPS) is 11.0. The van der Waals surface area contributed by atoms with Crippen LogP contribution in [0.25, 0.3) is 0 Å². The van der Waals surface area contributed by atoms with Crippen LogP contribution in [0.2, 0.25) is 0 Å². The highest BCUT2D eigenvalue weighted by molar-refractivity contribution is 5.91. The molecule has 1 N–H and O–H groups in total. The van der Waals surface area contributed by atoms with Gasteiger partial charge in [-0.15, -0.1) is 0 Å². The van der Waals surface area contributed by atoms with E-state index in [1.165, 1.54) is 24.0 Å². The van der Waals surface area contributed by atoms with Gasteiger partial charge in [0.2, 0.25) is 5.91 Å². The molecule has 0 radical (unpaired) electrons. The molecule has 0 unspecified atom stereocenters. The molecule has 0 saturated heterocycles. The summed E-state index contributed by atoms with van der Waals surface area (Å²) in [6.07, 6.45) is -5.04. The summed E-state index contributed by atoms with van der Waals surface area (Å²) in [4.78, 5) is 24.0. The molecule has 0 aliphatic rings. The van der Waals surface area contributed by atoms with Gasteiger partial charge in [0.1, 0.15) is 0 Å². The molecule has 8 heteroatoms. The molecule has 0 aliphatic heterocycles. The number of alkyl carbamates (subject to hydrolysis) is 1. The van der Waals surface area contributed by atoms with Crippen LogP contribution in [0.3, 0.4) is 0 Å². The van der Waals surface area contributed by atoms with Crippen molar-refractivity contribution in [2.45, 2.75) is 20.0 Å². The Labute approximate surface area is 126 Å². The predicted molar refractivity (Wildman–Crippen MR) is 74.5 cm³/mol. The van der Waals surface area contributed by atoms with Crippen molar-refractivity contribution in [1.82, 2.24) is 5.32 Å². The van der Waals surface area contributed by atoms with E-state index in [0.717, 1.165) is 12.1 Å². The van der Waals surface area contributed by atoms with Gasteiger partial charge in [-0.2, -0.15) is 13.2 Å². The average molecular weight is 318 g/mol. The number of alkyl halides is 3. The first-order valence-corrected chi connectivity index (χ1v) is 6.61. The first-order chi connectivity index (χ1) is 10.3. The summed E-state index contributed by atoms with van der Waals surface area (Å²) in [5.41, 5.74) is -0.462. The van der Waals surface area contributed by atoms with Crippen LogP contribution < -0.4 is 10.2 Å². The van der Waals surface area contributed by atoms with Gasteiger partial charge in [-0.05, 0) is 31.2 Å². The minimum absolute atomic E-state index is 0.124. The fraction of sp³-hybridized carbons (Fsp3) is 0.429. The van der Waals surface area contributed by atoms with E-state index >= 15 is 0 Å². The van der Waals surface area contributed by atoms with Crippen LogP contribution in [0.1, 0.15) is 19.4 Å². The molecular formula is C14H17F3N2O3. The lowest BCUT2D eigenvalue weighted by atomic mass is 10.2. The number of nitrogens with one attached hydrogen (secondary N) is 1. The van der Waals surface area contributed by atoms with E-state index in [-0.39, 0.29) is 25.6 Å². The molecule has 1 rings (SSSR count). The van der Waals surface area contributed by atoms with E-state index in [1.54, 1.807) is 6.92 Å². The standard InChI is InChI=1S/C14H17F3N2O3/c1-3-22-13(21)18-8-9-19(10(2)20)12-6-4-11(5-7-12)14(15,16)17/h4-7H,3,8-9H2,1-2H3,(H,18,21). The summed E-state index contributed by atoms with van der Waals surface area (Å²) in [5, 5.41) is 2.44. The number of rotatable bonds is 5. The highest BCUT2D eigenvalue weighted by atomic mass is 19.4. The minimum atomic E-state index is -4.43. The van der Waals surface area contributed by atoms with Gasteiger partial charge in [-0.1, -0.05) is 0 Å². The molecule has 0 saturated carbocycles. The summed E-state index contributed by atoms with van der Waals surface area (Å²) in [7, 11) is 0. The smallest absolute Gasteiger partial charge is 0.416 e. The number of nitrogens with zero attached hydrogens (tertiary/aromatic N) is 1. The maximum atomic E-state index is 12.5. The van der Waals surface area contributed by atoms with Crippen molar-refractivity contribution in [1.29, 1.82) is 0 Å². The Kier molecular flexibility index (Phi) is 6.21. The Morgan fingerprint density at radius 3 is 2.27 bits per heavy atom. The van der Waals surface area contributed by atoms with Crippen molar-refractivity contribution in [3.63, 3.8) is 0 Å². The van der Waals surface area contributed by atoms with Gasteiger partial charge in [0.25, 0.3) is 0 Å². The Morgan fingerprint density at radius 1 is 1.23 bits per heavy atom. The van der Waals surface area contributed by atoms with E-state index in [1.807, 2.05) is 0 Å². The fourth-order valence-electron chi connectivity index (χ4n) is 1.75. The molecule has 0 bridgehead atoms. The molecular weight excluding hydrogens is 301 g/mol. The van der Waals surface area contributed by atoms with Gasteiger partial charge in [0.05, 0.1) is 12.2 Å². The van der Waals surface area contributed by atoms with Gasteiger partial charge in [0.15, 0.2) is 0 Å². The second-order valence-corrected chi connectivity index (χ2v) is 4.36. The summed E-state index contributed by atoms with van der Waals surface area (Å²) >= 11 is 0. The summed E-state index contributed by atoms with van der Waals surface area (Å²) in [6.45, 7) is 3.42. The zero-order chi connectivity index (χ0) is 16.8. The minimum Gasteiger partial charge on any atom is -0.450 e. The number of hydrogen-bond acceptors (Lipinski definition) is 3. The molecule has 0 aromatic heterocycles. The second kappa shape index (κ2) is 7.67. The third kappa shape index (κ3) is 5.27. The topological polar surface area (TPSA) is 58.6 Å². The third-order valence-electron chi connectivity index (χ3n) is 2.77. The maximum Gasteiger partial charge on any atom is 0.416 e. The van der Waals surface area contributed by atoms with E-state index in [9.17, 15) is 22.8 Å². The van der Waals surface area contributed by atoms with Crippen molar-refractivity contribution < 1.29 is 27.5 Å².